The van der Waals surface area contributed by atoms with E-state index in [-0.39, 0.29) is 17.2 Å². The molecule has 0 unspecified atom stereocenters. The summed E-state index contributed by atoms with van der Waals surface area (Å²) in [6, 6.07) is 12.7. The first-order valence-electron chi connectivity index (χ1n) is 11.4. The molecule has 0 radical (unpaired) electrons. The number of hydrogen-bond acceptors (Lipinski definition) is 7. The molecule has 3 aromatic rings. The maximum absolute atomic E-state index is 12.7. The summed E-state index contributed by atoms with van der Waals surface area (Å²) >= 11 is 1.56. The van der Waals surface area contributed by atoms with Crippen molar-refractivity contribution in [1.82, 2.24) is 9.97 Å². The lowest BCUT2D eigenvalue weighted by Gasteiger charge is -2.35. The minimum Gasteiger partial charge on any atom is -0.481 e. The highest BCUT2D eigenvalue weighted by Crippen LogP contribution is 2.40. The van der Waals surface area contributed by atoms with Crippen LogP contribution in [0.5, 0.6) is 5.88 Å². The molecule has 172 valence electrons. The fourth-order valence-corrected chi connectivity index (χ4v) is 5.85. The van der Waals surface area contributed by atoms with Gasteiger partial charge in [-0.1, -0.05) is 49.4 Å². The van der Waals surface area contributed by atoms with E-state index in [1.54, 1.807) is 18.4 Å². The van der Waals surface area contributed by atoms with Crippen LogP contribution < -0.4 is 9.64 Å². The maximum atomic E-state index is 12.7. The average Bonchev–Trinajstić information content (AvgIpc) is 3.23. The molecule has 0 saturated carbocycles. The number of carbonyl (C=O) groups is 1. The Morgan fingerprint density at radius 3 is 2.88 bits per heavy atom. The lowest BCUT2D eigenvalue weighted by atomic mass is 9.78. The Morgan fingerprint density at radius 2 is 2.09 bits per heavy atom. The van der Waals surface area contributed by atoms with E-state index >= 15 is 0 Å². The van der Waals surface area contributed by atoms with Gasteiger partial charge in [0, 0.05) is 30.8 Å². The Balaban J connectivity index is 1.38. The summed E-state index contributed by atoms with van der Waals surface area (Å²) < 4.78 is 11.0. The third-order valence-electron chi connectivity index (χ3n) is 6.37. The van der Waals surface area contributed by atoms with Crippen LogP contribution in [0.4, 0.5) is 5.13 Å². The van der Waals surface area contributed by atoms with Crippen molar-refractivity contribution in [2.24, 2.45) is 5.41 Å². The van der Waals surface area contributed by atoms with Crippen LogP contribution in [-0.4, -0.2) is 48.7 Å². The van der Waals surface area contributed by atoms with Crippen molar-refractivity contribution in [3.05, 3.63) is 58.7 Å². The van der Waals surface area contributed by atoms with Gasteiger partial charge in [-0.25, -0.2) is 9.97 Å². The number of ketones is 1. The van der Waals surface area contributed by atoms with Crippen LogP contribution in [0.2, 0.25) is 0 Å². The molecule has 1 atom stereocenters. The molecule has 1 aliphatic carbocycles. The van der Waals surface area contributed by atoms with E-state index in [4.69, 9.17) is 14.5 Å². The number of methoxy groups -OCH3 is 1. The normalized spacial score (nSPS) is 19.9. The molecule has 3 heterocycles. The largest absolute Gasteiger partial charge is 0.481 e. The Labute approximate surface area is 198 Å². The third-order valence-corrected chi connectivity index (χ3v) is 7.55. The molecule has 6 nitrogen and oxygen atoms in total. The van der Waals surface area contributed by atoms with E-state index in [1.807, 2.05) is 18.3 Å². The van der Waals surface area contributed by atoms with Crippen molar-refractivity contribution < 1.29 is 14.3 Å². The molecule has 1 fully saturated rings. The summed E-state index contributed by atoms with van der Waals surface area (Å²) in [5, 5.41) is 0.954. The van der Waals surface area contributed by atoms with Gasteiger partial charge in [-0.05, 0) is 35.4 Å². The van der Waals surface area contributed by atoms with Gasteiger partial charge in [0.15, 0.2) is 10.9 Å². The monoisotopic (exact) mass is 463 g/mol. The molecule has 1 saturated heterocycles. The van der Waals surface area contributed by atoms with Gasteiger partial charge >= 0.3 is 0 Å². The molecule has 7 heteroatoms. The molecule has 0 amide bonds. The number of thiazole rings is 1. The Morgan fingerprint density at radius 1 is 1.21 bits per heavy atom. The molecule has 0 bridgehead atoms. The average molecular weight is 464 g/mol. The molecule has 5 rings (SSSR count). The fraction of sp³-hybridized carbons (Fsp3) is 0.423. The summed E-state index contributed by atoms with van der Waals surface area (Å²) in [4.78, 5) is 25.2. The number of aromatic nitrogens is 2. The highest BCUT2D eigenvalue weighted by atomic mass is 32.1. The highest BCUT2D eigenvalue weighted by Gasteiger charge is 2.36. The second kappa shape index (κ2) is 8.88. The van der Waals surface area contributed by atoms with Gasteiger partial charge in [-0.15, -0.1) is 0 Å². The zero-order valence-electron chi connectivity index (χ0n) is 19.3. The number of hydrogen-bond donors (Lipinski definition) is 0. The van der Waals surface area contributed by atoms with Crippen LogP contribution in [0.25, 0.3) is 11.1 Å². The van der Waals surface area contributed by atoms with Crippen LogP contribution in [0.15, 0.2) is 42.6 Å². The Hall–Kier alpha value is -2.77. The van der Waals surface area contributed by atoms with E-state index < -0.39 is 0 Å². The fourth-order valence-electron chi connectivity index (χ4n) is 4.73. The van der Waals surface area contributed by atoms with Gasteiger partial charge in [-0.2, -0.15) is 0 Å². The number of Topliss-reactive ketones (excluding diaryl/α,β-unsaturated/α-hetero) is 1. The number of anilines is 1. The summed E-state index contributed by atoms with van der Waals surface area (Å²) in [6.45, 7) is 6.41. The molecule has 0 N–H and O–H groups in total. The predicted molar refractivity (Wildman–Crippen MR) is 130 cm³/mol. The quantitative estimate of drug-likeness (QED) is 0.541. The molecule has 1 aromatic carbocycles. The standard InChI is InChI=1S/C26H29N3O3S/c1-26(2)13-21-24(22(30)14-26)33-25(28-21)29-9-10-32-16-20(29)12-17-5-4-6-18(11-17)19-7-8-23(31-3)27-15-19/h4-8,11,15,20H,9-10,12-14,16H2,1-3H3/t20-/m0/s1. The first kappa shape index (κ1) is 22.0. The maximum Gasteiger partial charge on any atom is 0.212 e. The first-order valence-corrected chi connectivity index (χ1v) is 12.2. The van der Waals surface area contributed by atoms with Crippen molar-refractivity contribution in [3.8, 4) is 17.0 Å². The van der Waals surface area contributed by atoms with Crippen LogP contribution in [-0.2, 0) is 17.6 Å². The van der Waals surface area contributed by atoms with E-state index in [2.05, 4.69) is 48.0 Å². The number of morpholine rings is 1. The van der Waals surface area contributed by atoms with Gasteiger partial charge in [0.05, 0.1) is 36.9 Å². The van der Waals surface area contributed by atoms with E-state index in [0.717, 1.165) is 46.2 Å². The van der Waals surface area contributed by atoms with E-state index in [0.29, 0.717) is 25.5 Å². The lowest BCUT2D eigenvalue weighted by molar-refractivity contribution is 0.0915. The van der Waals surface area contributed by atoms with Crippen LogP contribution >= 0.6 is 11.3 Å². The van der Waals surface area contributed by atoms with Crippen molar-refractivity contribution in [3.63, 3.8) is 0 Å². The van der Waals surface area contributed by atoms with Crippen molar-refractivity contribution in [1.29, 1.82) is 0 Å². The zero-order valence-corrected chi connectivity index (χ0v) is 20.2. The number of ether oxygens (including phenoxy) is 2. The van der Waals surface area contributed by atoms with E-state index in [1.165, 1.54) is 5.56 Å². The first-order chi connectivity index (χ1) is 15.9. The minimum atomic E-state index is -0.0173. The summed E-state index contributed by atoms with van der Waals surface area (Å²) in [7, 11) is 1.62. The summed E-state index contributed by atoms with van der Waals surface area (Å²) in [5.41, 5.74) is 4.38. The van der Waals surface area contributed by atoms with E-state index in [9.17, 15) is 4.79 Å². The number of carbonyl (C=O) groups excluding carboxylic acids is 1. The molecule has 2 aliphatic rings. The third kappa shape index (κ3) is 4.66. The number of benzene rings is 1. The van der Waals surface area contributed by atoms with Gasteiger partial charge in [0.25, 0.3) is 0 Å². The molecular formula is C26H29N3O3S. The second-order valence-corrected chi connectivity index (χ2v) is 10.6. The number of nitrogens with zero attached hydrogens (tertiary/aromatic N) is 3. The van der Waals surface area contributed by atoms with Gasteiger partial charge in [-0.3, -0.25) is 4.79 Å². The Bertz CT molecular complexity index is 1160. The SMILES string of the molecule is COc1ccc(-c2cccc(C[C@H]3COCCN3c3nc4c(s3)C(=O)CC(C)(C)C4)c2)cn1. The van der Waals surface area contributed by atoms with Gasteiger partial charge in [0.2, 0.25) is 5.88 Å². The topological polar surface area (TPSA) is 64.6 Å². The van der Waals surface area contributed by atoms with Crippen LogP contribution in [0, 0.1) is 5.41 Å². The summed E-state index contributed by atoms with van der Waals surface area (Å²) in [6.07, 6.45) is 4.15. The van der Waals surface area contributed by atoms with Crippen molar-refractivity contribution >= 4 is 22.3 Å². The number of fused-ring (bicyclic) bond motifs is 1. The molecular weight excluding hydrogens is 434 g/mol. The van der Waals surface area contributed by atoms with Crippen LogP contribution in [0.3, 0.4) is 0 Å². The molecule has 1 aliphatic heterocycles. The van der Waals surface area contributed by atoms with Crippen molar-refractivity contribution in [2.75, 3.05) is 31.8 Å². The molecule has 2 aromatic heterocycles. The van der Waals surface area contributed by atoms with Gasteiger partial charge in [0.1, 0.15) is 0 Å². The highest BCUT2D eigenvalue weighted by molar-refractivity contribution is 7.17. The zero-order chi connectivity index (χ0) is 23.0. The second-order valence-electron chi connectivity index (χ2n) is 9.63. The number of pyridine rings is 1. The lowest BCUT2D eigenvalue weighted by Crippen LogP contribution is -2.46. The summed E-state index contributed by atoms with van der Waals surface area (Å²) in [5.74, 6) is 0.841. The number of rotatable bonds is 5. The smallest absolute Gasteiger partial charge is 0.212 e. The van der Waals surface area contributed by atoms with Gasteiger partial charge < -0.3 is 14.4 Å². The predicted octanol–water partition coefficient (Wildman–Crippen LogP) is 4.82. The molecule has 33 heavy (non-hydrogen) atoms. The van der Waals surface area contributed by atoms with Crippen molar-refractivity contribution in [2.45, 2.75) is 39.2 Å². The molecule has 0 spiro atoms. The Kier molecular flexibility index (Phi) is 5.93. The minimum absolute atomic E-state index is 0.0173. The van der Waals surface area contributed by atoms with Crippen LogP contribution in [0.1, 0.15) is 41.2 Å².